The fraction of sp³-hybridized carbons (Fsp3) is 0.0435. The second-order valence-electron chi connectivity index (χ2n) is 6.23. The molecule has 0 spiro atoms. The van der Waals surface area contributed by atoms with Crippen LogP contribution in [0.1, 0.15) is 15.9 Å². The van der Waals surface area contributed by atoms with E-state index in [1.54, 1.807) is 0 Å². The zero-order chi connectivity index (χ0) is 18.5. The van der Waals surface area contributed by atoms with E-state index >= 15 is 0 Å². The van der Waals surface area contributed by atoms with Crippen molar-refractivity contribution in [1.29, 1.82) is 0 Å². The Morgan fingerprint density at radius 3 is 2.15 bits per heavy atom. The first kappa shape index (κ1) is 16.8. The number of carbonyl (C=O) groups is 1. The Hall–Kier alpha value is -3.66. The molecular weight excluding hydrogens is 334 g/mol. The van der Waals surface area contributed by atoms with Gasteiger partial charge in [-0.25, -0.2) is 0 Å². The first-order valence-corrected chi connectivity index (χ1v) is 8.81. The Kier molecular flexibility index (Phi) is 4.79. The molecule has 0 aliphatic carbocycles. The largest absolute Gasteiger partial charge is 0.328 e. The fourth-order valence-corrected chi connectivity index (χ4v) is 2.93. The molecular formula is C23H19N3O. The zero-order valence-electron chi connectivity index (χ0n) is 14.8. The van der Waals surface area contributed by atoms with E-state index in [1.807, 2.05) is 101 Å². The molecule has 27 heavy (non-hydrogen) atoms. The Labute approximate surface area is 157 Å². The summed E-state index contributed by atoms with van der Waals surface area (Å²) in [5.74, 6) is -0.248. The van der Waals surface area contributed by atoms with Gasteiger partial charge in [0.25, 0.3) is 5.91 Å². The van der Waals surface area contributed by atoms with E-state index in [0.29, 0.717) is 17.6 Å². The van der Waals surface area contributed by atoms with E-state index in [0.717, 1.165) is 11.3 Å². The highest BCUT2D eigenvalue weighted by molar-refractivity contribution is 5.95. The maximum Gasteiger partial charge on any atom is 0.278 e. The Morgan fingerprint density at radius 2 is 1.41 bits per heavy atom. The summed E-state index contributed by atoms with van der Waals surface area (Å²) in [5.41, 5.74) is 3.38. The molecule has 1 amide bonds. The maximum atomic E-state index is 12.6. The number of aromatic nitrogens is 2. The molecule has 2 aromatic carbocycles. The van der Waals surface area contributed by atoms with Crippen LogP contribution in [0.15, 0.2) is 109 Å². The van der Waals surface area contributed by atoms with Crippen molar-refractivity contribution in [2.45, 2.75) is 6.54 Å². The standard InChI is InChI=1S/C23H19N3O/c27-23(20-11-13-21(14-12-20)25-15-6-7-16-25)24-22-10-4-5-17-26(22)18-19-8-2-1-3-9-19/h1-17H,18H2. The van der Waals surface area contributed by atoms with Crippen LogP contribution in [0.25, 0.3) is 5.69 Å². The average Bonchev–Trinajstić information content (AvgIpc) is 3.25. The van der Waals surface area contributed by atoms with Gasteiger partial charge < -0.3 is 9.13 Å². The van der Waals surface area contributed by atoms with Gasteiger partial charge >= 0.3 is 0 Å². The lowest BCUT2D eigenvalue weighted by Gasteiger charge is -2.07. The van der Waals surface area contributed by atoms with E-state index < -0.39 is 0 Å². The van der Waals surface area contributed by atoms with Crippen molar-refractivity contribution in [2.75, 3.05) is 0 Å². The van der Waals surface area contributed by atoms with Crippen LogP contribution in [-0.4, -0.2) is 15.0 Å². The summed E-state index contributed by atoms with van der Waals surface area (Å²) in [7, 11) is 0. The molecule has 0 unspecified atom stereocenters. The summed E-state index contributed by atoms with van der Waals surface area (Å²) in [4.78, 5) is 17.0. The normalized spacial score (nSPS) is 11.5. The predicted octanol–water partition coefficient (Wildman–Crippen LogP) is 4.07. The molecule has 2 heterocycles. The maximum absolute atomic E-state index is 12.6. The monoisotopic (exact) mass is 353 g/mol. The lowest BCUT2D eigenvalue weighted by molar-refractivity contribution is 0.0997. The van der Waals surface area contributed by atoms with Crippen LogP contribution in [0, 0.1) is 0 Å². The summed E-state index contributed by atoms with van der Waals surface area (Å²) < 4.78 is 3.97. The minimum Gasteiger partial charge on any atom is -0.328 e. The Bertz CT molecular complexity index is 1090. The molecule has 0 aliphatic rings. The summed E-state index contributed by atoms with van der Waals surface area (Å²) in [6, 6.07) is 27.2. The highest BCUT2D eigenvalue weighted by Gasteiger charge is 2.05. The number of hydrogen-bond acceptors (Lipinski definition) is 1. The van der Waals surface area contributed by atoms with E-state index in [1.165, 1.54) is 0 Å². The summed E-state index contributed by atoms with van der Waals surface area (Å²) in [5, 5.41) is 0. The number of nitrogens with zero attached hydrogens (tertiary/aromatic N) is 3. The highest BCUT2D eigenvalue weighted by atomic mass is 16.1. The van der Waals surface area contributed by atoms with E-state index in [2.05, 4.69) is 17.1 Å². The minimum atomic E-state index is -0.248. The Morgan fingerprint density at radius 1 is 0.741 bits per heavy atom. The number of rotatable bonds is 4. The van der Waals surface area contributed by atoms with Gasteiger partial charge in [-0.05, 0) is 54.1 Å². The van der Waals surface area contributed by atoms with Crippen LogP contribution < -0.4 is 5.49 Å². The quantitative estimate of drug-likeness (QED) is 0.545. The second-order valence-corrected chi connectivity index (χ2v) is 6.23. The molecule has 0 aliphatic heterocycles. The van der Waals surface area contributed by atoms with Crippen LogP contribution in [-0.2, 0) is 6.54 Å². The third-order valence-electron chi connectivity index (χ3n) is 4.35. The van der Waals surface area contributed by atoms with Crippen LogP contribution in [0.2, 0.25) is 0 Å². The molecule has 132 valence electrons. The molecule has 0 N–H and O–H groups in total. The minimum absolute atomic E-state index is 0.248. The highest BCUT2D eigenvalue weighted by Crippen LogP contribution is 2.10. The Balaban J connectivity index is 1.61. The summed E-state index contributed by atoms with van der Waals surface area (Å²) in [6.07, 6.45) is 5.88. The number of amides is 1. The van der Waals surface area contributed by atoms with Crippen molar-refractivity contribution >= 4 is 5.91 Å². The SMILES string of the molecule is O=C(N=c1ccccn1Cc1ccccc1)c1ccc(-n2cccc2)cc1. The van der Waals surface area contributed by atoms with Crippen molar-refractivity contribution in [1.82, 2.24) is 9.13 Å². The third kappa shape index (κ3) is 3.96. The van der Waals surface area contributed by atoms with Gasteiger partial charge in [-0.3, -0.25) is 4.79 Å². The average molecular weight is 353 g/mol. The van der Waals surface area contributed by atoms with Gasteiger partial charge in [0.2, 0.25) is 0 Å². The van der Waals surface area contributed by atoms with Crippen LogP contribution in [0.5, 0.6) is 0 Å². The summed E-state index contributed by atoms with van der Waals surface area (Å²) in [6.45, 7) is 0.667. The predicted molar refractivity (Wildman–Crippen MR) is 106 cm³/mol. The molecule has 2 aromatic heterocycles. The van der Waals surface area contributed by atoms with E-state index in [4.69, 9.17) is 0 Å². The van der Waals surface area contributed by atoms with Gasteiger partial charge in [-0.1, -0.05) is 36.4 Å². The van der Waals surface area contributed by atoms with Crippen molar-refractivity contribution in [3.8, 4) is 5.69 Å². The summed E-state index contributed by atoms with van der Waals surface area (Å²) >= 11 is 0. The van der Waals surface area contributed by atoms with Gasteiger partial charge in [-0.15, -0.1) is 0 Å². The zero-order valence-corrected chi connectivity index (χ0v) is 14.8. The van der Waals surface area contributed by atoms with E-state index in [9.17, 15) is 4.79 Å². The number of benzene rings is 2. The molecule has 4 aromatic rings. The molecule has 4 rings (SSSR count). The van der Waals surface area contributed by atoms with Crippen LogP contribution >= 0.6 is 0 Å². The molecule has 0 saturated carbocycles. The van der Waals surface area contributed by atoms with Gasteiger partial charge in [0.05, 0.1) is 0 Å². The van der Waals surface area contributed by atoms with E-state index in [-0.39, 0.29) is 5.91 Å². The number of pyridine rings is 1. The second kappa shape index (κ2) is 7.70. The van der Waals surface area contributed by atoms with Crippen molar-refractivity contribution < 1.29 is 4.79 Å². The molecule has 4 nitrogen and oxygen atoms in total. The lowest BCUT2D eigenvalue weighted by atomic mass is 10.2. The van der Waals surface area contributed by atoms with Crippen molar-refractivity contribution in [3.05, 3.63) is 120 Å². The van der Waals surface area contributed by atoms with Gasteiger partial charge in [0.15, 0.2) is 0 Å². The first-order chi connectivity index (χ1) is 13.3. The molecule has 0 fully saturated rings. The molecule has 0 bridgehead atoms. The third-order valence-corrected chi connectivity index (χ3v) is 4.35. The molecule has 0 radical (unpaired) electrons. The smallest absolute Gasteiger partial charge is 0.278 e. The lowest BCUT2D eigenvalue weighted by Crippen LogP contribution is -2.22. The molecule has 0 saturated heterocycles. The van der Waals surface area contributed by atoms with Gasteiger partial charge in [0, 0.05) is 36.4 Å². The van der Waals surface area contributed by atoms with Gasteiger partial charge in [-0.2, -0.15) is 4.99 Å². The topological polar surface area (TPSA) is 39.3 Å². The first-order valence-electron chi connectivity index (χ1n) is 8.81. The van der Waals surface area contributed by atoms with Crippen LogP contribution in [0.3, 0.4) is 0 Å². The number of hydrogen-bond donors (Lipinski definition) is 0. The molecule has 0 atom stereocenters. The van der Waals surface area contributed by atoms with Crippen LogP contribution in [0.4, 0.5) is 0 Å². The van der Waals surface area contributed by atoms with Gasteiger partial charge in [0.1, 0.15) is 5.49 Å². The van der Waals surface area contributed by atoms with Crippen molar-refractivity contribution in [2.24, 2.45) is 4.99 Å². The fourth-order valence-electron chi connectivity index (χ4n) is 2.93. The van der Waals surface area contributed by atoms with Crippen molar-refractivity contribution in [3.63, 3.8) is 0 Å². The molecule has 4 heteroatoms. The number of carbonyl (C=O) groups excluding carboxylic acids is 1.